The summed E-state index contributed by atoms with van der Waals surface area (Å²) in [4.78, 5) is 19.1. The summed E-state index contributed by atoms with van der Waals surface area (Å²) in [6.07, 6.45) is 3.34. The Morgan fingerprint density at radius 1 is 1.43 bits per heavy atom. The zero-order chi connectivity index (χ0) is 16.6. The Kier molecular flexibility index (Phi) is 3.81. The van der Waals surface area contributed by atoms with Crippen molar-refractivity contribution in [1.82, 2.24) is 0 Å². The molecule has 118 valence electrons. The van der Waals surface area contributed by atoms with E-state index in [0.717, 1.165) is 36.5 Å². The van der Waals surface area contributed by atoms with Crippen LogP contribution in [0.1, 0.15) is 32.3 Å². The smallest absolute Gasteiger partial charge is 0.180 e. The lowest BCUT2D eigenvalue weighted by atomic mass is 9.82. The van der Waals surface area contributed by atoms with Gasteiger partial charge in [0, 0.05) is 42.2 Å². The summed E-state index contributed by atoms with van der Waals surface area (Å²) in [5, 5.41) is 9.41. The highest BCUT2D eigenvalue weighted by Crippen LogP contribution is 2.46. The van der Waals surface area contributed by atoms with Crippen LogP contribution in [-0.2, 0) is 10.2 Å². The Balaban J connectivity index is 1.97. The Morgan fingerprint density at radius 2 is 2.17 bits per heavy atom. The first-order valence-corrected chi connectivity index (χ1v) is 7.99. The third-order valence-corrected chi connectivity index (χ3v) is 4.87. The molecule has 1 aromatic rings. The van der Waals surface area contributed by atoms with Crippen molar-refractivity contribution < 1.29 is 4.79 Å². The summed E-state index contributed by atoms with van der Waals surface area (Å²) >= 11 is 0. The first-order chi connectivity index (χ1) is 11.0. The molecule has 0 N–H and O–H groups in total. The van der Waals surface area contributed by atoms with Crippen molar-refractivity contribution in [2.45, 2.75) is 32.1 Å². The van der Waals surface area contributed by atoms with E-state index < -0.39 is 5.92 Å². The molecule has 0 radical (unpaired) electrons. The van der Waals surface area contributed by atoms with E-state index in [9.17, 15) is 10.1 Å². The number of hydrogen-bond acceptors (Lipinski definition) is 4. The lowest BCUT2D eigenvalue weighted by molar-refractivity contribution is -0.115. The molecule has 0 spiro atoms. The summed E-state index contributed by atoms with van der Waals surface area (Å²) in [7, 11) is 1.97. The van der Waals surface area contributed by atoms with Gasteiger partial charge in [-0.2, -0.15) is 5.26 Å². The molecule has 0 amide bonds. The summed E-state index contributed by atoms with van der Waals surface area (Å²) in [6, 6.07) is 10.3. The third-order valence-electron chi connectivity index (χ3n) is 4.87. The fraction of sp³-hybridized carbons (Fsp3) is 0.421. The van der Waals surface area contributed by atoms with Crippen LogP contribution >= 0.6 is 0 Å². The number of anilines is 1. The van der Waals surface area contributed by atoms with Crippen LogP contribution in [0.4, 0.5) is 5.69 Å². The van der Waals surface area contributed by atoms with Gasteiger partial charge in [0.15, 0.2) is 5.78 Å². The molecular formula is C19H21N3O. The second-order valence-electron chi connectivity index (χ2n) is 6.67. The van der Waals surface area contributed by atoms with Gasteiger partial charge in [-0.1, -0.05) is 32.0 Å². The standard InChI is InChI=1S/C19H21N3O/c1-19(2)14-7-4-5-9-16(14)22(3)18(19)11-17(23)13(12-20)15-8-6-10-21-15/h4-5,7,9,11,13H,6,8,10H2,1-3H3. The topological polar surface area (TPSA) is 56.5 Å². The molecule has 1 atom stereocenters. The Morgan fingerprint density at radius 3 is 2.78 bits per heavy atom. The van der Waals surface area contributed by atoms with Gasteiger partial charge in [0.2, 0.25) is 0 Å². The Hall–Kier alpha value is -2.41. The zero-order valence-corrected chi connectivity index (χ0v) is 13.8. The van der Waals surface area contributed by atoms with Crippen LogP contribution in [0.2, 0.25) is 0 Å². The van der Waals surface area contributed by atoms with Crippen molar-refractivity contribution in [3.63, 3.8) is 0 Å². The van der Waals surface area contributed by atoms with E-state index in [4.69, 9.17) is 0 Å². The van der Waals surface area contributed by atoms with Crippen LogP contribution in [0, 0.1) is 17.2 Å². The molecule has 2 heterocycles. The zero-order valence-electron chi connectivity index (χ0n) is 13.8. The number of benzene rings is 1. The number of fused-ring (bicyclic) bond motifs is 1. The molecule has 1 aromatic carbocycles. The largest absolute Gasteiger partial charge is 0.347 e. The van der Waals surface area contributed by atoms with Crippen LogP contribution in [0.25, 0.3) is 0 Å². The number of ketones is 1. The van der Waals surface area contributed by atoms with E-state index in [1.54, 1.807) is 6.08 Å². The number of carbonyl (C=O) groups is 1. The van der Waals surface area contributed by atoms with Gasteiger partial charge in [0.1, 0.15) is 5.92 Å². The van der Waals surface area contributed by atoms with Gasteiger partial charge in [-0.05, 0) is 24.5 Å². The first kappa shape index (κ1) is 15.5. The second kappa shape index (κ2) is 5.66. The van der Waals surface area contributed by atoms with Gasteiger partial charge in [0.25, 0.3) is 0 Å². The molecule has 0 fully saturated rings. The SMILES string of the molecule is CN1C(=CC(=O)C(C#N)C2=NCCC2)C(C)(C)c2ccccc21. The maximum Gasteiger partial charge on any atom is 0.180 e. The summed E-state index contributed by atoms with van der Waals surface area (Å²) in [5.74, 6) is -0.895. The van der Waals surface area contributed by atoms with Crippen molar-refractivity contribution >= 4 is 17.2 Å². The molecule has 0 bridgehead atoms. The molecule has 2 aliphatic heterocycles. The number of para-hydroxylation sites is 1. The number of rotatable bonds is 3. The Labute approximate surface area is 137 Å². The normalized spacial score (nSPS) is 21.7. The summed E-state index contributed by atoms with van der Waals surface area (Å²) in [6.45, 7) is 4.96. The van der Waals surface area contributed by atoms with E-state index in [-0.39, 0.29) is 11.2 Å². The number of nitriles is 1. The van der Waals surface area contributed by atoms with Crippen molar-refractivity contribution in [2.24, 2.45) is 10.9 Å². The number of likely N-dealkylation sites (N-methyl/N-ethyl adjacent to an activating group) is 1. The maximum atomic E-state index is 12.7. The molecule has 0 aromatic heterocycles. The van der Waals surface area contributed by atoms with Crippen molar-refractivity contribution in [3.8, 4) is 6.07 Å². The van der Waals surface area contributed by atoms with Gasteiger partial charge in [-0.25, -0.2) is 0 Å². The molecular weight excluding hydrogens is 286 g/mol. The predicted molar refractivity (Wildman–Crippen MR) is 91.6 cm³/mol. The van der Waals surface area contributed by atoms with Crippen LogP contribution in [-0.4, -0.2) is 25.1 Å². The fourth-order valence-electron chi connectivity index (χ4n) is 3.58. The highest BCUT2D eigenvalue weighted by Gasteiger charge is 2.39. The molecule has 4 nitrogen and oxygen atoms in total. The second-order valence-corrected chi connectivity index (χ2v) is 6.67. The van der Waals surface area contributed by atoms with Crippen molar-refractivity contribution in [2.75, 3.05) is 18.5 Å². The number of hydrogen-bond donors (Lipinski definition) is 0. The predicted octanol–water partition coefficient (Wildman–Crippen LogP) is 3.24. The third kappa shape index (κ3) is 2.46. The van der Waals surface area contributed by atoms with Gasteiger partial charge < -0.3 is 4.90 Å². The van der Waals surface area contributed by atoms with Gasteiger partial charge in [-0.3, -0.25) is 9.79 Å². The highest BCUT2D eigenvalue weighted by atomic mass is 16.1. The average Bonchev–Trinajstić information content (AvgIpc) is 3.11. The van der Waals surface area contributed by atoms with E-state index in [2.05, 4.69) is 41.9 Å². The average molecular weight is 307 g/mol. The van der Waals surface area contributed by atoms with E-state index in [1.807, 2.05) is 19.2 Å². The summed E-state index contributed by atoms with van der Waals surface area (Å²) < 4.78 is 0. The lowest BCUT2D eigenvalue weighted by Gasteiger charge is -2.24. The van der Waals surface area contributed by atoms with Crippen molar-refractivity contribution in [1.29, 1.82) is 5.26 Å². The molecule has 2 aliphatic rings. The molecule has 0 aliphatic carbocycles. The number of carbonyl (C=O) groups excluding carboxylic acids is 1. The molecule has 0 saturated heterocycles. The molecule has 3 rings (SSSR count). The first-order valence-electron chi connectivity index (χ1n) is 7.99. The lowest BCUT2D eigenvalue weighted by Crippen LogP contribution is -2.27. The Bertz CT molecular complexity index is 752. The highest BCUT2D eigenvalue weighted by molar-refractivity contribution is 6.12. The minimum absolute atomic E-state index is 0.157. The molecule has 4 heteroatoms. The number of allylic oxidation sites excluding steroid dienone is 2. The quantitative estimate of drug-likeness (QED) is 0.806. The fourth-order valence-corrected chi connectivity index (χ4v) is 3.58. The van der Waals surface area contributed by atoms with E-state index in [1.165, 1.54) is 5.56 Å². The minimum Gasteiger partial charge on any atom is -0.347 e. The van der Waals surface area contributed by atoms with Gasteiger partial charge in [0.05, 0.1) is 6.07 Å². The van der Waals surface area contributed by atoms with Crippen LogP contribution in [0.15, 0.2) is 41.0 Å². The molecule has 23 heavy (non-hydrogen) atoms. The van der Waals surface area contributed by atoms with Crippen LogP contribution < -0.4 is 4.90 Å². The van der Waals surface area contributed by atoms with E-state index >= 15 is 0 Å². The number of aliphatic imine (C=N–C) groups is 1. The molecule has 1 unspecified atom stereocenters. The van der Waals surface area contributed by atoms with Crippen LogP contribution in [0.5, 0.6) is 0 Å². The monoisotopic (exact) mass is 307 g/mol. The minimum atomic E-state index is -0.738. The van der Waals surface area contributed by atoms with Gasteiger partial charge >= 0.3 is 0 Å². The van der Waals surface area contributed by atoms with E-state index in [0.29, 0.717) is 0 Å². The van der Waals surface area contributed by atoms with Crippen LogP contribution in [0.3, 0.4) is 0 Å². The van der Waals surface area contributed by atoms with Crippen molar-refractivity contribution in [3.05, 3.63) is 41.6 Å². The number of nitrogens with zero attached hydrogens (tertiary/aromatic N) is 3. The molecule has 0 saturated carbocycles. The summed E-state index contributed by atoms with van der Waals surface area (Å²) in [5.41, 5.74) is 3.74. The maximum absolute atomic E-state index is 12.7. The van der Waals surface area contributed by atoms with Gasteiger partial charge in [-0.15, -0.1) is 0 Å².